The number of hydrogen-bond donors (Lipinski definition) is 2. The van der Waals surface area contributed by atoms with Crippen LogP contribution in [0.3, 0.4) is 0 Å². The minimum absolute atomic E-state index is 0.180. The second-order valence-corrected chi connectivity index (χ2v) is 6.78. The third-order valence-corrected chi connectivity index (χ3v) is 4.81. The van der Waals surface area contributed by atoms with Gasteiger partial charge in [-0.3, -0.25) is 0 Å². The van der Waals surface area contributed by atoms with Crippen LogP contribution in [-0.2, 0) is 11.3 Å². The van der Waals surface area contributed by atoms with Crippen LogP contribution in [0.2, 0.25) is 0 Å². The number of rotatable bonds is 5. The zero-order valence-electron chi connectivity index (χ0n) is 14.1. The average molecular weight is 341 g/mol. The van der Waals surface area contributed by atoms with E-state index in [0.29, 0.717) is 23.7 Å². The normalized spacial score (nSPS) is 23.2. The summed E-state index contributed by atoms with van der Waals surface area (Å²) in [6, 6.07) is 9.79. The number of carbonyl (C=O) groups excluding carboxylic acids is 1. The first-order chi connectivity index (χ1) is 12.3. The molecule has 2 aromatic rings. The Morgan fingerprint density at radius 1 is 1.20 bits per heavy atom. The van der Waals surface area contributed by atoms with Gasteiger partial charge in [0.25, 0.3) is 0 Å². The molecule has 0 bridgehead atoms. The van der Waals surface area contributed by atoms with Gasteiger partial charge in [-0.15, -0.1) is 0 Å². The molecule has 2 amide bonds. The Hall–Kier alpha value is -2.34. The van der Waals surface area contributed by atoms with Crippen LogP contribution in [0.25, 0.3) is 11.3 Å². The van der Waals surface area contributed by atoms with E-state index in [0.717, 1.165) is 25.0 Å². The van der Waals surface area contributed by atoms with Crippen molar-refractivity contribution in [3.05, 3.63) is 42.4 Å². The van der Waals surface area contributed by atoms with Crippen LogP contribution in [0.4, 0.5) is 4.79 Å². The van der Waals surface area contributed by atoms with Gasteiger partial charge >= 0.3 is 6.03 Å². The molecule has 1 aromatic carbocycles. The van der Waals surface area contributed by atoms with E-state index in [1.807, 2.05) is 30.3 Å². The van der Waals surface area contributed by atoms with E-state index in [-0.39, 0.29) is 18.6 Å². The number of ether oxygens (including phenoxy) is 1. The van der Waals surface area contributed by atoms with E-state index < -0.39 is 0 Å². The van der Waals surface area contributed by atoms with Crippen molar-refractivity contribution in [2.24, 2.45) is 5.92 Å². The summed E-state index contributed by atoms with van der Waals surface area (Å²) in [5.74, 6) is 1.91. The first-order valence-corrected chi connectivity index (χ1v) is 8.94. The van der Waals surface area contributed by atoms with Crippen LogP contribution in [0.5, 0.6) is 0 Å². The largest absolute Gasteiger partial charge is 0.439 e. The Morgan fingerprint density at radius 2 is 2.04 bits per heavy atom. The minimum Gasteiger partial charge on any atom is -0.439 e. The molecule has 2 atom stereocenters. The summed E-state index contributed by atoms with van der Waals surface area (Å²) in [5.41, 5.74) is 0.971. The van der Waals surface area contributed by atoms with Crippen molar-refractivity contribution in [3.63, 3.8) is 0 Å². The Kier molecular flexibility index (Phi) is 4.70. The lowest BCUT2D eigenvalue weighted by molar-refractivity contribution is -0.00915. The molecule has 2 fully saturated rings. The molecule has 2 heterocycles. The van der Waals surface area contributed by atoms with Gasteiger partial charge in [0, 0.05) is 18.2 Å². The fourth-order valence-corrected chi connectivity index (χ4v) is 3.28. The molecule has 1 aliphatic carbocycles. The molecule has 0 unspecified atom stereocenters. The zero-order chi connectivity index (χ0) is 17.1. The highest BCUT2D eigenvalue weighted by Crippen LogP contribution is 2.38. The van der Waals surface area contributed by atoms with Gasteiger partial charge in [-0.2, -0.15) is 0 Å². The van der Waals surface area contributed by atoms with Crippen LogP contribution in [-0.4, -0.2) is 29.8 Å². The highest BCUT2D eigenvalue weighted by Gasteiger charge is 2.36. The first kappa shape index (κ1) is 16.1. The third-order valence-electron chi connectivity index (χ3n) is 4.81. The molecule has 6 nitrogen and oxygen atoms in total. The molecule has 1 saturated carbocycles. The number of aromatic nitrogens is 1. The molecule has 2 aliphatic rings. The number of hydrogen-bond acceptors (Lipinski definition) is 4. The van der Waals surface area contributed by atoms with Crippen LogP contribution in [0.1, 0.15) is 31.6 Å². The maximum Gasteiger partial charge on any atom is 0.315 e. The standard InChI is InChI=1S/C19H23N3O3/c23-19(22-15-8-9-24-16(10-15)14-6-7-14)21-12-18-20-11-17(25-18)13-4-2-1-3-5-13/h1-5,11,14-16H,6-10,12H2,(H2,21,22,23)/t15-,16-/m0/s1. The Labute approximate surface area is 147 Å². The number of oxazole rings is 1. The Balaban J connectivity index is 1.25. The second-order valence-electron chi connectivity index (χ2n) is 6.78. The maximum atomic E-state index is 12.1. The smallest absolute Gasteiger partial charge is 0.315 e. The number of urea groups is 1. The van der Waals surface area contributed by atoms with E-state index in [1.165, 1.54) is 12.8 Å². The van der Waals surface area contributed by atoms with Crippen molar-refractivity contribution in [3.8, 4) is 11.3 Å². The summed E-state index contributed by atoms with van der Waals surface area (Å²) >= 11 is 0. The van der Waals surface area contributed by atoms with Gasteiger partial charge in [-0.25, -0.2) is 9.78 Å². The monoisotopic (exact) mass is 341 g/mol. The molecule has 132 valence electrons. The highest BCUT2D eigenvalue weighted by molar-refractivity contribution is 5.74. The SMILES string of the molecule is O=C(NCc1ncc(-c2ccccc2)o1)N[C@H]1CCO[C@H](C2CC2)C1. The quantitative estimate of drug-likeness (QED) is 0.876. The summed E-state index contributed by atoms with van der Waals surface area (Å²) in [7, 11) is 0. The van der Waals surface area contributed by atoms with Crippen molar-refractivity contribution in [2.45, 2.75) is 44.4 Å². The van der Waals surface area contributed by atoms with E-state index in [1.54, 1.807) is 6.20 Å². The topological polar surface area (TPSA) is 76.4 Å². The molecule has 1 aromatic heterocycles. The third kappa shape index (κ3) is 4.20. The van der Waals surface area contributed by atoms with Crippen LogP contribution < -0.4 is 10.6 Å². The molecular formula is C19H23N3O3. The van der Waals surface area contributed by atoms with Gasteiger partial charge < -0.3 is 19.8 Å². The average Bonchev–Trinajstić information content (AvgIpc) is 3.39. The lowest BCUT2D eigenvalue weighted by atomic mass is 10.0. The Bertz CT molecular complexity index is 712. The lowest BCUT2D eigenvalue weighted by Gasteiger charge is -2.30. The van der Waals surface area contributed by atoms with E-state index in [4.69, 9.17) is 9.15 Å². The lowest BCUT2D eigenvalue weighted by Crippen LogP contribution is -2.46. The van der Waals surface area contributed by atoms with Crippen molar-refractivity contribution < 1.29 is 13.9 Å². The second kappa shape index (κ2) is 7.27. The number of nitrogens with zero attached hydrogens (tertiary/aromatic N) is 1. The number of amides is 2. The molecular weight excluding hydrogens is 318 g/mol. The summed E-state index contributed by atoms with van der Waals surface area (Å²) in [4.78, 5) is 16.3. The van der Waals surface area contributed by atoms with Crippen molar-refractivity contribution in [1.82, 2.24) is 15.6 Å². The van der Waals surface area contributed by atoms with Gasteiger partial charge in [-0.1, -0.05) is 30.3 Å². The zero-order valence-corrected chi connectivity index (χ0v) is 14.1. The van der Waals surface area contributed by atoms with Gasteiger partial charge in [-0.05, 0) is 31.6 Å². The molecule has 1 saturated heterocycles. The van der Waals surface area contributed by atoms with Crippen molar-refractivity contribution >= 4 is 6.03 Å². The molecule has 1 aliphatic heterocycles. The number of nitrogens with one attached hydrogen (secondary N) is 2. The molecule has 4 rings (SSSR count). The predicted octanol–water partition coefficient (Wildman–Crippen LogP) is 3.10. The van der Waals surface area contributed by atoms with Gasteiger partial charge in [0.2, 0.25) is 5.89 Å². The molecule has 25 heavy (non-hydrogen) atoms. The molecule has 6 heteroatoms. The van der Waals surface area contributed by atoms with Gasteiger partial charge in [0.05, 0.1) is 18.8 Å². The van der Waals surface area contributed by atoms with Gasteiger partial charge in [0.15, 0.2) is 5.76 Å². The van der Waals surface area contributed by atoms with Crippen LogP contribution >= 0.6 is 0 Å². The fraction of sp³-hybridized carbons (Fsp3) is 0.474. The summed E-state index contributed by atoms with van der Waals surface area (Å²) in [5, 5.41) is 5.86. The van der Waals surface area contributed by atoms with Crippen molar-refractivity contribution in [2.75, 3.05) is 6.61 Å². The highest BCUT2D eigenvalue weighted by atomic mass is 16.5. The summed E-state index contributed by atoms with van der Waals surface area (Å²) in [6.45, 7) is 1.00. The molecule has 0 radical (unpaired) electrons. The van der Waals surface area contributed by atoms with Crippen LogP contribution in [0.15, 0.2) is 40.9 Å². The van der Waals surface area contributed by atoms with E-state index >= 15 is 0 Å². The first-order valence-electron chi connectivity index (χ1n) is 8.94. The summed E-state index contributed by atoms with van der Waals surface area (Å²) < 4.78 is 11.5. The molecule has 2 N–H and O–H groups in total. The minimum atomic E-state index is -0.180. The molecule has 0 spiro atoms. The van der Waals surface area contributed by atoms with E-state index in [2.05, 4.69) is 15.6 Å². The summed E-state index contributed by atoms with van der Waals surface area (Å²) in [6.07, 6.45) is 6.31. The predicted molar refractivity (Wildman–Crippen MR) is 92.8 cm³/mol. The Morgan fingerprint density at radius 3 is 2.84 bits per heavy atom. The number of carbonyl (C=O) groups is 1. The van der Waals surface area contributed by atoms with Crippen molar-refractivity contribution in [1.29, 1.82) is 0 Å². The van der Waals surface area contributed by atoms with Crippen LogP contribution in [0, 0.1) is 5.92 Å². The fourth-order valence-electron chi connectivity index (χ4n) is 3.28. The maximum absolute atomic E-state index is 12.1. The van der Waals surface area contributed by atoms with E-state index in [9.17, 15) is 4.79 Å². The number of benzene rings is 1. The van der Waals surface area contributed by atoms with Gasteiger partial charge in [0.1, 0.15) is 0 Å².